The minimum Gasteiger partial charge on any atom is -0.355 e. The average Bonchev–Trinajstić information content (AvgIpc) is 3.18. The molecular formula is C19H30ClN3O3S. The number of hydrogen-bond acceptors (Lipinski definition) is 4. The number of nitrogens with one attached hydrogen (secondary N) is 1. The lowest BCUT2D eigenvalue weighted by atomic mass is 10.1. The lowest BCUT2D eigenvalue weighted by Gasteiger charge is -2.34. The van der Waals surface area contributed by atoms with Crippen LogP contribution in [-0.2, 0) is 21.4 Å². The van der Waals surface area contributed by atoms with Crippen molar-refractivity contribution in [2.45, 2.75) is 32.2 Å². The quantitative estimate of drug-likeness (QED) is 0.738. The first-order valence-electron chi connectivity index (χ1n) is 9.56. The van der Waals surface area contributed by atoms with Crippen LogP contribution in [0.4, 0.5) is 0 Å². The molecule has 1 aliphatic carbocycles. The summed E-state index contributed by atoms with van der Waals surface area (Å²) >= 11 is 0. The Balaban J connectivity index is 0.00000261. The van der Waals surface area contributed by atoms with Gasteiger partial charge in [0.2, 0.25) is 15.9 Å². The fraction of sp³-hybridized carbons (Fsp3) is 0.632. The third kappa shape index (κ3) is 6.45. The molecule has 0 atom stereocenters. The number of hydrogen-bond donors (Lipinski definition) is 1. The van der Waals surface area contributed by atoms with E-state index in [1.165, 1.54) is 5.56 Å². The van der Waals surface area contributed by atoms with E-state index in [0.29, 0.717) is 13.1 Å². The predicted molar refractivity (Wildman–Crippen MR) is 109 cm³/mol. The van der Waals surface area contributed by atoms with Gasteiger partial charge in [0.05, 0.1) is 5.75 Å². The molecule has 6 nitrogen and oxygen atoms in total. The Morgan fingerprint density at radius 1 is 1.04 bits per heavy atom. The van der Waals surface area contributed by atoms with Crippen molar-refractivity contribution in [1.82, 2.24) is 14.5 Å². The molecule has 0 aromatic heterocycles. The molecule has 0 bridgehead atoms. The predicted octanol–water partition coefficient (Wildman–Crippen LogP) is 1.86. The molecule has 2 fully saturated rings. The number of carbonyl (C=O) groups excluding carboxylic acids is 1. The smallest absolute Gasteiger partial charge is 0.223 e. The van der Waals surface area contributed by atoms with Crippen LogP contribution in [0.25, 0.3) is 0 Å². The van der Waals surface area contributed by atoms with Crippen LogP contribution in [-0.4, -0.2) is 62.0 Å². The van der Waals surface area contributed by atoms with Gasteiger partial charge in [-0.1, -0.05) is 43.2 Å². The Morgan fingerprint density at radius 3 is 2.30 bits per heavy atom. The van der Waals surface area contributed by atoms with E-state index in [-0.39, 0.29) is 36.5 Å². The summed E-state index contributed by atoms with van der Waals surface area (Å²) in [5.41, 5.74) is 1.25. The number of benzene rings is 1. The summed E-state index contributed by atoms with van der Waals surface area (Å²) in [6, 6.07) is 10.2. The van der Waals surface area contributed by atoms with E-state index < -0.39 is 10.0 Å². The summed E-state index contributed by atoms with van der Waals surface area (Å²) in [6.45, 7) is 3.58. The normalized spacial score (nSPS) is 19.6. The Bertz CT molecular complexity index is 685. The van der Waals surface area contributed by atoms with E-state index in [1.54, 1.807) is 4.31 Å². The van der Waals surface area contributed by atoms with Crippen molar-refractivity contribution in [1.29, 1.82) is 0 Å². The summed E-state index contributed by atoms with van der Waals surface area (Å²) in [7, 11) is -3.31. The number of halogens is 1. The molecule has 1 saturated carbocycles. The molecule has 1 saturated heterocycles. The maximum atomic E-state index is 12.5. The molecule has 1 amide bonds. The van der Waals surface area contributed by atoms with Gasteiger partial charge in [0, 0.05) is 45.2 Å². The monoisotopic (exact) mass is 415 g/mol. The van der Waals surface area contributed by atoms with E-state index in [9.17, 15) is 13.2 Å². The highest BCUT2D eigenvalue weighted by Crippen LogP contribution is 2.24. The molecule has 0 unspecified atom stereocenters. The molecule has 152 valence electrons. The molecular weight excluding hydrogens is 386 g/mol. The van der Waals surface area contributed by atoms with Crippen LogP contribution in [0.1, 0.15) is 31.2 Å². The summed E-state index contributed by atoms with van der Waals surface area (Å²) in [4.78, 5) is 14.3. The van der Waals surface area contributed by atoms with E-state index in [4.69, 9.17) is 0 Å². The zero-order valence-electron chi connectivity index (χ0n) is 15.7. The van der Waals surface area contributed by atoms with E-state index in [0.717, 1.165) is 45.3 Å². The summed E-state index contributed by atoms with van der Waals surface area (Å²) in [5, 5.41) is 2.81. The number of amides is 1. The van der Waals surface area contributed by atoms with Gasteiger partial charge < -0.3 is 5.32 Å². The van der Waals surface area contributed by atoms with Crippen LogP contribution in [0.3, 0.4) is 0 Å². The van der Waals surface area contributed by atoms with Gasteiger partial charge >= 0.3 is 0 Å². The minimum atomic E-state index is -3.31. The first-order chi connectivity index (χ1) is 12.5. The number of rotatable bonds is 7. The molecule has 0 radical (unpaired) electrons. The second-order valence-electron chi connectivity index (χ2n) is 7.25. The SMILES string of the molecule is Cl.O=C(NCCS(=O)(=O)N1CCN(Cc2ccccc2)CC1)C1CCCC1. The van der Waals surface area contributed by atoms with Crippen LogP contribution >= 0.6 is 12.4 Å². The van der Waals surface area contributed by atoms with Crippen LogP contribution in [0.2, 0.25) is 0 Å². The standard InChI is InChI=1S/C19H29N3O3S.ClH/c23-19(18-8-4-5-9-18)20-10-15-26(24,25)22-13-11-21(12-14-22)16-17-6-2-1-3-7-17;/h1-3,6-7,18H,4-5,8-16H2,(H,20,23);1H. The second kappa shape index (κ2) is 10.4. The third-order valence-electron chi connectivity index (χ3n) is 5.36. The third-order valence-corrected chi connectivity index (χ3v) is 7.23. The molecule has 1 heterocycles. The zero-order chi connectivity index (χ0) is 18.4. The summed E-state index contributed by atoms with van der Waals surface area (Å²) in [5.74, 6) is 0.0917. The fourth-order valence-corrected chi connectivity index (χ4v) is 5.11. The van der Waals surface area contributed by atoms with Crippen molar-refractivity contribution >= 4 is 28.3 Å². The highest BCUT2D eigenvalue weighted by atomic mass is 35.5. The van der Waals surface area contributed by atoms with Gasteiger partial charge in [-0.15, -0.1) is 12.4 Å². The lowest BCUT2D eigenvalue weighted by Crippen LogP contribution is -2.49. The highest BCUT2D eigenvalue weighted by molar-refractivity contribution is 7.89. The number of piperazine rings is 1. The Hall–Kier alpha value is -1.15. The molecule has 1 aromatic rings. The molecule has 1 N–H and O–H groups in total. The van der Waals surface area contributed by atoms with Crippen molar-refractivity contribution in [3.05, 3.63) is 35.9 Å². The van der Waals surface area contributed by atoms with Crippen LogP contribution < -0.4 is 5.32 Å². The van der Waals surface area contributed by atoms with E-state index in [1.807, 2.05) is 18.2 Å². The molecule has 1 aromatic carbocycles. The number of carbonyl (C=O) groups is 1. The van der Waals surface area contributed by atoms with Crippen molar-refractivity contribution in [2.75, 3.05) is 38.5 Å². The first kappa shape index (κ1) is 22.1. The Morgan fingerprint density at radius 2 is 1.67 bits per heavy atom. The summed E-state index contributed by atoms with van der Waals surface area (Å²) < 4.78 is 26.6. The van der Waals surface area contributed by atoms with Crippen LogP contribution in [0.15, 0.2) is 30.3 Å². The van der Waals surface area contributed by atoms with E-state index in [2.05, 4.69) is 22.3 Å². The zero-order valence-corrected chi connectivity index (χ0v) is 17.3. The van der Waals surface area contributed by atoms with Gasteiger partial charge in [0.15, 0.2) is 0 Å². The lowest BCUT2D eigenvalue weighted by molar-refractivity contribution is -0.124. The van der Waals surface area contributed by atoms with Gasteiger partial charge in [-0.3, -0.25) is 9.69 Å². The highest BCUT2D eigenvalue weighted by Gasteiger charge is 2.27. The topological polar surface area (TPSA) is 69.7 Å². The number of nitrogens with zero attached hydrogens (tertiary/aromatic N) is 2. The van der Waals surface area contributed by atoms with Crippen molar-refractivity contribution in [2.24, 2.45) is 5.92 Å². The van der Waals surface area contributed by atoms with Gasteiger partial charge in [-0.05, 0) is 18.4 Å². The van der Waals surface area contributed by atoms with Gasteiger partial charge in [-0.25, -0.2) is 8.42 Å². The van der Waals surface area contributed by atoms with E-state index >= 15 is 0 Å². The largest absolute Gasteiger partial charge is 0.355 e. The molecule has 27 heavy (non-hydrogen) atoms. The maximum Gasteiger partial charge on any atom is 0.223 e. The molecule has 1 aliphatic heterocycles. The Labute approximate surface area is 168 Å². The average molecular weight is 416 g/mol. The maximum absolute atomic E-state index is 12.5. The van der Waals surface area contributed by atoms with Crippen LogP contribution in [0.5, 0.6) is 0 Å². The first-order valence-corrected chi connectivity index (χ1v) is 11.2. The van der Waals surface area contributed by atoms with Crippen molar-refractivity contribution < 1.29 is 13.2 Å². The van der Waals surface area contributed by atoms with Crippen molar-refractivity contribution in [3.8, 4) is 0 Å². The molecule has 0 spiro atoms. The summed E-state index contributed by atoms with van der Waals surface area (Å²) in [6.07, 6.45) is 4.07. The number of sulfonamides is 1. The minimum absolute atomic E-state index is 0. The second-order valence-corrected chi connectivity index (χ2v) is 9.34. The Kier molecular flexibility index (Phi) is 8.54. The van der Waals surface area contributed by atoms with Gasteiger partial charge in [-0.2, -0.15) is 4.31 Å². The van der Waals surface area contributed by atoms with Crippen LogP contribution in [0, 0.1) is 5.92 Å². The molecule has 8 heteroatoms. The van der Waals surface area contributed by atoms with Gasteiger partial charge in [0.1, 0.15) is 0 Å². The van der Waals surface area contributed by atoms with Crippen molar-refractivity contribution in [3.63, 3.8) is 0 Å². The molecule has 3 rings (SSSR count). The fourth-order valence-electron chi connectivity index (χ4n) is 3.77. The van der Waals surface area contributed by atoms with Gasteiger partial charge in [0.25, 0.3) is 0 Å². The molecule has 2 aliphatic rings.